The molecule has 1 amide bonds. The number of nitrogens with zero attached hydrogens (tertiary/aromatic N) is 1. The number of amides is 1. The molecule has 3 rings (SSSR count). The van der Waals surface area contributed by atoms with E-state index in [2.05, 4.69) is 26.0 Å². The van der Waals surface area contributed by atoms with Gasteiger partial charge in [-0.05, 0) is 61.3 Å². The first-order valence-corrected chi connectivity index (χ1v) is 14.9. The average Bonchev–Trinajstić information content (AvgIpc) is 2.97. The van der Waals surface area contributed by atoms with Gasteiger partial charge in [0.15, 0.2) is 0 Å². The minimum Gasteiger partial charge on any atom is -0.491 e. The fourth-order valence-electron chi connectivity index (χ4n) is 4.86. The molecular weight excluding hydrogens is 502 g/mol. The molecule has 0 unspecified atom stereocenters. The molecule has 1 aliphatic heterocycles. The van der Waals surface area contributed by atoms with Gasteiger partial charge in [-0.3, -0.25) is 4.79 Å². The maximum absolute atomic E-state index is 13.5. The van der Waals surface area contributed by atoms with E-state index in [1.807, 2.05) is 54.6 Å². The number of allylic oxidation sites excluding steroid dienone is 2. The number of carbonyl (C=O) groups excluding carboxylic acids is 2. The Hall–Kier alpha value is -3.12. The summed E-state index contributed by atoms with van der Waals surface area (Å²) in [7, 11) is 1.72. The summed E-state index contributed by atoms with van der Waals surface area (Å²) in [6.45, 7) is 5.86. The van der Waals surface area contributed by atoms with Crippen molar-refractivity contribution in [3.8, 4) is 5.75 Å². The van der Waals surface area contributed by atoms with E-state index in [0.29, 0.717) is 45.0 Å². The minimum atomic E-state index is -0.665. The van der Waals surface area contributed by atoms with E-state index in [0.717, 1.165) is 55.4 Å². The molecule has 0 bridgehead atoms. The van der Waals surface area contributed by atoms with Gasteiger partial charge in [-0.25, -0.2) is 4.79 Å². The van der Waals surface area contributed by atoms with Gasteiger partial charge >= 0.3 is 5.97 Å². The summed E-state index contributed by atoms with van der Waals surface area (Å²) in [5, 5.41) is 0. The number of cyclic esters (lactones) is 1. The number of hydrogen-bond donors (Lipinski definition) is 0. The molecule has 40 heavy (non-hydrogen) atoms. The van der Waals surface area contributed by atoms with Crippen LogP contribution in [0.25, 0.3) is 0 Å². The standard InChI is InChI=1S/C34H47NO5/c1-4-5-7-15-31-20-17-27(2)12-10-11-16-33(36)35(3)32(34(37)40-31)25-28-18-21-30(22-19-28)39-24-23-38-26-29-13-8-6-9-14-29/h6,8-10,12-14,18-19,21-22,27,31-32H,4-5,7,11,15-17,20,23-26H2,1-3H3/b12-10+/t27-,31-,32+/m1/s1. The maximum Gasteiger partial charge on any atom is 0.329 e. The zero-order valence-corrected chi connectivity index (χ0v) is 24.6. The topological polar surface area (TPSA) is 65.1 Å². The molecule has 6 heteroatoms. The second-order valence-electron chi connectivity index (χ2n) is 10.8. The molecule has 0 aromatic heterocycles. The molecule has 0 saturated carbocycles. The molecule has 1 aliphatic rings. The lowest BCUT2D eigenvalue weighted by atomic mass is 9.99. The summed E-state index contributed by atoms with van der Waals surface area (Å²) in [4.78, 5) is 28.1. The third-order valence-electron chi connectivity index (χ3n) is 7.44. The molecule has 2 aromatic carbocycles. The molecule has 0 N–H and O–H groups in total. The lowest BCUT2D eigenvalue weighted by Gasteiger charge is -2.29. The number of hydrogen-bond acceptors (Lipinski definition) is 5. The van der Waals surface area contributed by atoms with Gasteiger partial charge < -0.3 is 19.1 Å². The van der Waals surface area contributed by atoms with Crippen LogP contribution >= 0.6 is 0 Å². The molecule has 0 radical (unpaired) electrons. The summed E-state index contributed by atoms with van der Waals surface area (Å²) in [6, 6.07) is 17.1. The van der Waals surface area contributed by atoms with E-state index in [1.165, 1.54) is 0 Å². The number of likely N-dealkylation sites (N-methyl/N-ethyl adjacent to an activating group) is 1. The molecule has 218 valence electrons. The predicted molar refractivity (Wildman–Crippen MR) is 159 cm³/mol. The molecular formula is C34H47NO5. The van der Waals surface area contributed by atoms with Crippen molar-refractivity contribution in [3.05, 3.63) is 77.9 Å². The van der Waals surface area contributed by atoms with Crippen LogP contribution < -0.4 is 4.74 Å². The van der Waals surface area contributed by atoms with Crippen LogP contribution in [0.3, 0.4) is 0 Å². The van der Waals surface area contributed by atoms with Gasteiger partial charge in [-0.2, -0.15) is 0 Å². The van der Waals surface area contributed by atoms with Crippen LogP contribution in [0.5, 0.6) is 5.75 Å². The summed E-state index contributed by atoms with van der Waals surface area (Å²) in [5.41, 5.74) is 2.09. The fraction of sp³-hybridized carbons (Fsp3) is 0.529. The first-order chi connectivity index (χ1) is 19.5. The van der Waals surface area contributed by atoms with E-state index in [-0.39, 0.29) is 18.0 Å². The number of carbonyl (C=O) groups is 2. The molecule has 0 aliphatic carbocycles. The first kappa shape index (κ1) is 31.4. The summed E-state index contributed by atoms with van der Waals surface area (Å²) < 4.78 is 17.6. The number of rotatable bonds is 12. The van der Waals surface area contributed by atoms with E-state index in [9.17, 15) is 9.59 Å². The second kappa shape index (κ2) is 17.5. The highest BCUT2D eigenvalue weighted by Gasteiger charge is 2.30. The van der Waals surface area contributed by atoms with Crippen LogP contribution in [0.2, 0.25) is 0 Å². The SMILES string of the molecule is CCCCC[C@@H]1CC[C@H](C)/C=C/CCC(=O)N(C)[C@@H](Cc2ccc(OCCOCc3ccccc3)cc2)C(=O)O1. The Morgan fingerprint density at radius 1 is 0.950 bits per heavy atom. The highest BCUT2D eigenvalue weighted by molar-refractivity contribution is 5.84. The largest absolute Gasteiger partial charge is 0.491 e. The Balaban J connectivity index is 1.60. The normalized spacial score (nSPS) is 21.6. The lowest BCUT2D eigenvalue weighted by molar-refractivity contribution is -0.159. The van der Waals surface area contributed by atoms with Gasteiger partial charge in [0.1, 0.15) is 24.5 Å². The Morgan fingerprint density at radius 3 is 2.48 bits per heavy atom. The smallest absolute Gasteiger partial charge is 0.329 e. The number of esters is 1. The average molecular weight is 550 g/mol. The van der Waals surface area contributed by atoms with Crippen molar-refractivity contribution < 1.29 is 23.8 Å². The molecule has 0 spiro atoms. The lowest BCUT2D eigenvalue weighted by Crippen LogP contribution is -2.45. The molecule has 3 atom stereocenters. The van der Waals surface area contributed by atoms with Crippen molar-refractivity contribution in [1.82, 2.24) is 4.90 Å². The van der Waals surface area contributed by atoms with Crippen molar-refractivity contribution in [2.75, 3.05) is 20.3 Å². The predicted octanol–water partition coefficient (Wildman–Crippen LogP) is 6.91. The first-order valence-electron chi connectivity index (χ1n) is 14.9. The third-order valence-corrected chi connectivity index (χ3v) is 7.44. The van der Waals surface area contributed by atoms with E-state index < -0.39 is 6.04 Å². The zero-order valence-electron chi connectivity index (χ0n) is 24.6. The third kappa shape index (κ3) is 11.2. The molecule has 2 aromatic rings. The Bertz CT molecular complexity index is 1040. The number of benzene rings is 2. The van der Waals surface area contributed by atoms with Gasteiger partial charge in [0.05, 0.1) is 13.2 Å². The number of ether oxygens (including phenoxy) is 3. The second-order valence-corrected chi connectivity index (χ2v) is 10.8. The van der Waals surface area contributed by atoms with Crippen molar-refractivity contribution >= 4 is 11.9 Å². The van der Waals surface area contributed by atoms with Gasteiger partial charge in [-0.1, -0.05) is 81.3 Å². The highest BCUT2D eigenvalue weighted by atomic mass is 16.5. The minimum absolute atomic E-state index is 0.0449. The van der Waals surface area contributed by atoms with Gasteiger partial charge in [0, 0.05) is 19.9 Å². The van der Waals surface area contributed by atoms with Crippen LogP contribution in [0.1, 0.15) is 76.3 Å². The van der Waals surface area contributed by atoms with Crippen molar-refractivity contribution in [2.24, 2.45) is 5.92 Å². The molecule has 0 fully saturated rings. The van der Waals surface area contributed by atoms with Crippen molar-refractivity contribution in [1.29, 1.82) is 0 Å². The monoisotopic (exact) mass is 549 g/mol. The summed E-state index contributed by atoms with van der Waals surface area (Å²) >= 11 is 0. The van der Waals surface area contributed by atoms with Gasteiger partial charge in [0.25, 0.3) is 0 Å². The van der Waals surface area contributed by atoms with E-state index >= 15 is 0 Å². The van der Waals surface area contributed by atoms with Crippen molar-refractivity contribution in [2.45, 2.75) is 90.4 Å². The summed E-state index contributed by atoms with van der Waals surface area (Å²) in [6.07, 6.45) is 11.6. The van der Waals surface area contributed by atoms with Crippen LogP contribution in [-0.2, 0) is 32.1 Å². The van der Waals surface area contributed by atoms with Crippen molar-refractivity contribution in [3.63, 3.8) is 0 Å². The Morgan fingerprint density at radius 2 is 1.73 bits per heavy atom. The highest BCUT2D eigenvalue weighted by Crippen LogP contribution is 2.21. The number of unbranched alkanes of at least 4 members (excludes halogenated alkanes) is 2. The molecule has 0 saturated heterocycles. The Labute approximate surface area is 240 Å². The van der Waals surface area contributed by atoms with Crippen LogP contribution in [-0.4, -0.2) is 49.2 Å². The molecule has 1 heterocycles. The van der Waals surface area contributed by atoms with E-state index in [1.54, 1.807) is 11.9 Å². The van der Waals surface area contributed by atoms with Crippen LogP contribution in [0.4, 0.5) is 0 Å². The fourth-order valence-corrected chi connectivity index (χ4v) is 4.86. The maximum atomic E-state index is 13.5. The van der Waals surface area contributed by atoms with Crippen LogP contribution in [0, 0.1) is 5.92 Å². The summed E-state index contributed by atoms with van der Waals surface area (Å²) in [5.74, 6) is 0.781. The van der Waals surface area contributed by atoms with Gasteiger partial charge in [0.2, 0.25) is 5.91 Å². The quantitative estimate of drug-likeness (QED) is 0.164. The van der Waals surface area contributed by atoms with Crippen LogP contribution in [0.15, 0.2) is 66.7 Å². The Kier molecular flexibility index (Phi) is 13.8. The molecule has 6 nitrogen and oxygen atoms in total. The van der Waals surface area contributed by atoms with Gasteiger partial charge in [-0.15, -0.1) is 0 Å². The zero-order chi connectivity index (χ0) is 28.6. The van der Waals surface area contributed by atoms with E-state index in [4.69, 9.17) is 14.2 Å².